The summed E-state index contributed by atoms with van der Waals surface area (Å²) in [6.45, 7) is 2.99. The molecule has 3 rings (SSSR count). The van der Waals surface area contributed by atoms with Gasteiger partial charge in [0.15, 0.2) is 11.5 Å². The SMILES string of the molecule is COc1c2c(cc3c1[C@H](C/C(C)=N/O)N(C)CC3)OCO2. The summed E-state index contributed by atoms with van der Waals surface area (Å²) in [6.07, 6.45) is 1.58. The second-order valence-corrected chi connectivity index (χ2v) is 5.50. The molecule has 1 N–H and O–H groups in total. The number of hydrogen-bond acceptors (Lipinski definition) is 6. The topological polar surface area (TPSA) is 63.5 Å². The van der Waals surface area contributed by atoms with Crippen molar-refractivity contribution in [1.29, 1.82) is 0 Å². The van der Waals surface area contributed by atoms with Crippen LogP contribution in [0.25, 0.3) is 0 Å². The Morgan fingerprint density at radius 2 is 2.33 bits per heavy atom. The molecular weight excluding hydrogens is 272 g/mol. The van der Waals surface area contributed by atoms with Crippen molar-refractivity contribution >= 4 is 5.71 Å². The van der Waals surface area contributed by atoms with Crippen LogP contribution >= 0.6 is 0 Å². The molecule has 0 saturated carbocycles. The van der Waals surface area contributed by atoms with Gasteiger partial charge in [-0.05, 0) is 32.0 Å². The fourth-order valence-electron chi connectivity index (χ4n) is 3.10. The minimum Gasteiger partial charge on any atom is -0.492 e. The van der Waals surface area contributed by atoms with Crippen LogP contribution < -0.4 is 14.2 Å². The highest BCUT2D eigenvalue weighted by Gasteiger charge is 2.34. The molecule has 0 amide bonds. The molecule has 0 fully saturated rings. The lowest BCUT2D eigenvalue weighted by atomic mass is 9.88. The summed E-state index contributed by atoms with van der Waals surface area (Å²) in [7, 11) is 3.72. The summed E-state index contributed by atoms with van der Waals surface area (Å²) in [5.74, 6) is 2.17. The number of nitrogens with zero attached hydrogens (tertiary/aromatic N) is 2. The van der Waals surface area contributed by atoms with Crippen molar-refractivity contribution in [2.75, 3.05) is 27.5 Å². The zero-order valence-corrected chi connectivity index (χ0v) is 12.5. The van der Waals surface area contributed by atoms with Crippen molar-refractivity contribution in [2.45, 2.75) is 25.8 Å². The first-order valence-electron chi connectivity index (χ1n) is 7.02. The molecule has 0 spiro atoms. The molecule has 6 nitrogen and oxygen atoms in total. The Kier molecular flexibility index (Phi) is 3.63. The van der Waals surface area contributed by atoms with Gasteiger partial charge in [0, 0.05) is 24.6 Å². The minimum absolute atomic E-state index is 0.106. The van der Waals surface area contributed by atoms with E-state index in [4.69, 9.17) is 19.4 Å². The Morgan fingerprint density at radius 3 is 3.05 bits per heavy atom. The number of hydrogen-bond donors (Lipinski definition) is 1. The fraction of sp³-hybridized carbons (Fsp3) is 0.533. The number of ether oxygens (including phenoxy) is 3. The lowest BCUT2D eigenvalue weighted by Gasteiger charge is -2.35. The summed E-state index contributed by atoms with van der Waals surface area (Å²) >= 11 is 0. The first-order chi connectivity index (χ1) is 10.2. The van der Waals surface area contributed by atoms with Gasteiger partial charge in [0.05, 0.1) is 12.8 Å². The molecule has 114 valence electrons. The number of oxime groups is 1. The van der Waals surface area contributed by atoms with Crippen LogP contribution in [-0.2, 0) is 6.42 Å². The molecule has 1 atom stereocenters. The van der Waals surface area contributed by atoms with Crippen molar-refractivity contribution in [3.63, 3.8) is 0 Å². The van der Waals surface area contributed by atoms with Crippen LogP contribution in [0.2, 0.25) is 0 Å². The summed E-state index contributed by atoms with van der Waals surface area (Å²) in [4.78, 5) is 2.25. The normalized spacial score (nSPS) is 21.3. The third-order valence-corrected chi connectivity index (χ3v) is 4.21. The van der Waals surface area contributed by atoms with Crippen molar-refractivity contribution < 1.29 is 19.4 Å². The Morgan fingerprint density at radius 1 is 1.52 bits per heavy atom. The molecule has 0 radical (unpaired) electrons. The van der Waals surface area contributed by atoms with Gasteiger partial charge >= 0.3 is 0 Å². The van der Waals surface area contributed by atoms with Gasteiger partial charge in [-0.2, -0.15) is 0 Å². The average molecular weight is 292 g/mol. The Hall–Kier alpha value is -1.95. The number of rotatable bonds is 3. The van der Waals surface area contributed by atoms with Crippen LogP contribution in [0.4, 0.5) is 0 Å². The quantitative estimate of drug-likeness (QED) is 0.525. The lowest BCUT2D eigenvalue weighted by molar-refractivity contribution is 0.170. The van der Waals surface area contributed by atoms with E-state index in [-0.39, 0.29) is 12.8 Å². The predicted molar refractivity (Wildman–Crippen MR) is 77.7 cm³/mol. The van der Waals surface area contributed by atoms with E-state index >= 15 is 0 Å². The maximum Gasteiger partial charge on any atom is 0.231 e. The molecule has 2 aliphatic heterocycles. The summed E-state index contributed by atoms with van der Waals surface area (Å²) in [5, 5.41) is 12.3. The zero-order chi connectivity index (χ0) is 15.0. The third-order valence-electron chi connectivity index (χ3n) is 4.21. The number of benzene rings is 1. The van der Waals surface area contributed by atoms with E-state index < -0.39 is 0 Å². The highest BCUT2D eigenvalue weighted by molar-refractivity contribution is 5.82. The highest BCUT2D eigenvalue weighted by Crippen LogP contribution is 2.49. The van der Waals surface area contributed by atoms with Crippen LogP contribution in [0.1, 0.15) is 30.5 Å². The maximum atomic E-state index is 8.97. The molecular formula is C15H20N2O4. The van der Waals surface area contributed by atoms with Crippen molar-refractivity contribution in [2.24, 2.45) is 5.16 Å². The van der Waals surface area contributed by atoms with Crippen LogP contribution in [0.15, 0.2) is 11.2 Å². The summed E-state index contributed by atoms with van der Waals surface area (Å²) < 4.78 is 16.7. The molecule has 0 aromatic heterocycles. The molecule has 0 unspecified atom stereocenters. The van der Waals surface area contributed by atoms with E-state index in [0.717, 1.165) is 30.0 Å². The molecule has 1 aromatic rings. The van der Waals surface area contributed by atoms with Crippen LogP contribution in [0, 0.1) is 0 Å². The Labute approximate surface area is 123 Å². The molecule has 1 aromatic carbocycles. The van der Waals surface area contributed by atoms with Crippen molar-refractivity contribution in [3.8, 4) is 17.2 Å². The van der Waals surface area contributed by atoms with E-state index in [1.54, 1.807) is 7.11 Å². The minimum atomic E-state index is 0.106. The average Bonchev–Trinajstić information content (AvgIpc) is 2.95. The van der Waals surface area contributed by atoms with Crippen molar-refractivity contribution in [1.82, 2.24) is 4.90 Å². The molecule has 0 aliphatic carbocycles. The number of methoxy groups -OCH3 is 1. The molecule has 2 heterocycles. The molecule has 0 bridgehead atoms. The van der Waals surface area contributed by atoms with Gasteiger partial charge in [-0.25, -0.2) is 0 Å². The van der Waals surface area contributed by atoms with E-state index in [1.165, 1.54) is 5.56 Å². The van der Waals surface area contributed by atoms with Gasteiger partial charge in [-0.1, -0.05) is 5.16 Å². The van der Waals surface area contributed by atoms with Crippen molar-refractivity contribution in [3.05, 3.63) is 17.2 Å². The summed E-state index contributed by atoms with van der Waals surface area (Å²) in [5.41, 5.74) is 3.02. The largest absolute Gasteiger partial charge is 0.492 e. The Bertz CT molecular complexity index is 586. The zero-order valence-electron chi connectivity index (χ0n) is 12.5. The van der Waals surface area contributed by atoms with Gasteiger partial charge in [0.25, 0.3) is 0 Å². The van der Waals surface area contributed by atoms with E-state index in [1.807, 2.05) is 13.0 Å². The first kappa shape index (κ1) is 14.0. The van der Waals surface area contributed by atoms with Crippen LogP contribution in [0.5, 0.6) is 17.2 Å². The van der Waals surface area contributed by atoms with Gasteiger partial charge < -0.3 is 19.4 Å². The third kappa shape index (κ3) is 2.29. The molecule has 6 heteroatoms. The van der Waals surface area contributed by atoms with E-state index in [0.29, 0.717) is 17.9 Å². The van der Waals surface area contributed by atoms with E-state index in [9.17, 15) is 0 Å². The standard InChI is InChI=1S/C15H20N2O4/c1-9(16-18)6-11-13-10(4-5-17(11)2)7-12-14(15(13)19-3)21-8-20-12/h7,11,18H,4-6,8H2,1-3H3/b16-9+/t11-/m0/s1. The smallest absolute Gasteiger partial charge is 0.231 e. The Balaban J connectivity index is 2.11. The van der Waals surface area contributed by atoms with Crippen LogP contribution in [0.3, 0.4) is 0 Å². The number of likely N-dealkylation sites (N-methyl/N-ethyl adjacent to an activating group) is 1. The fourth-order valence-corrected chi connectivity index (χ4v) is 3.10. The van der Waals surface area contributed by atoms with Gasteiger partial charge in [0.1, 0.15) is 0 Å². The van der Waals surface area contributed by atoms with Gasteiger partial charge in [0.2, 0.25) is 12.5 Å². The monoisotopic (exact) mass is 292 g/mol. The second kappa shape index (κ2) is 5.44. The highest BCUT2D eigenvalue weighted by atomic mass is 16.7. The lowest BCUT2D eigenvalue weighted by Crippen LogP contribution is -2.33. The van der Waals surface area contributed by atoms with E-state index in [2.05, 4.69) is 17.1 Å². The molecule has 0 saturated heterocycles. The molecule has 2 aliphatic rings. The summed E-state index contributed by atoms with van der Waals surface area (Å²) in [6, 6.07) is 2.15. The predicted octanol–water partition coefficient (Wildman–Crippen LogP) is 2.19. The molecule has 21 heavy (non-hydrogen) atoms. The maximum absolute atomic E-state index is 8.97. The second-order valence-electron chi connectivity index (χ2n) is 5.50. The van der Waals surface area contributed by atoms with Crippen LogP contribution in [-0.4, -0.2) is 43.3 Å². The number of fused-ring (bicyclic) bond motifs is 2. The first-order valence-corrected chi connectivity index (χ1v) is 7.02. The van der Waals surface area contributed by atoms with Gasteiger partial charge in [-0.3, -0.25) is 4.90 Å². The van der Waals surface area contributed by atoms with Gasteiger partial charge in [-0.15, -0.1) is 0 Å².